The average Bonchev–Trinajstić information content (AvgIpc) is 3.23. The number of hydrogen-bond acceptors (Lipinski definition) is 5. The third kappa shape index (κ3) is 4.71. The molecule has 1 aliphatic heterocycles. The molecule has 1 aliphatic rings. The number of carbonyl (C=O) groups is 2. The Morgan fingerprint density at radius 3 is 2.66 bits per heavy atom. The molecule has 2 N–H and O–H groups in total. The second-order valence-electron chi connectivity index (χ2n) is 7.32. The normalized spacial score (nSPS) is 13.9. The highest BCUT2D eigenvalue weighted by molar-refractivity contribution is 7.89. The van der Waals surface area contributed by atoms with Crippen molar-refractivity contribution in [2.24, 2.45) is 0 Å². The predicted octanol–water partition coefficient (Wildman–Crippen LogP) is 4.36. The van der Waals surface area contributed by atoms with Gasteiger partial charge < -0.3 is 10.6 Å². The van der Waals surface area contributed by atoms with Crippen molar-refractivity contribution in [3.05, 3.63) is 74.9 Å². The lowest BCUT2D eigenvalue weighted by Gasteiger charge is -2.26. The van der Waals surface area contributed by atoms with Crippen molar-refractivity contribution in [2.45, 2.75) is 24.8 Å². The molecule has 0 unspecified atom stereocenters. The highest BCUT2D eigenvalue weighted by Crippen LogP contribution is 2.29. The molecule has 0 fully saturated rings. The van der Waals surface area contributed by atoms with E-state index in [-0.39, 0.29) is 21.4 Å². The van der Waals surface area contributed by atoms with Gasteiger partial charge in [-0.3, -0.25) is 9.59 Å². The van der Waals surface area contributed by atoms with Gasteiger partial charge in [0.25, 0.3) is 5.91 Å². The van der Waals surface area contributed by atoms with Crippen LogP contribution in [0.5, 0.6) is 0 Å². The molecule has 1 aromatic heterocycles. The first-order chi connectivity index (χ1) is 15.2. The molecule has 0 bridgehead atoms. The van der Waals surface area contributed by atoms with Crippen LogP contribution in [0.25, 0.3) is 0 Å². The Morgan fingerprint density at radius 2 is 1.91 bits per heavy atom. The van der Waals surface area contributed by atoms with Crippen molar-refractivity contribution >= 4 is 56.2 Å². The second-order valence-corrected chi connectivity index (χ2v) is 10.7. The summed E-state index contributed by atoms with van der Waals surface area (Å²) < 4.78 is 27.8. The number of anilines is 2. The summed E-state index contributed by atoms with van der Waals surface area (Å²) in [7, 11) is -3.74. The molecule has 3 aromatic rings. The Bertz CT molecular complexity index is 1300. The van der Waals surface area contributed by atoms with Gasteiger partial charge in [-0.15, -0.1) is 11.3 Å². The van der Waals surface area contributed by atoms with Gasteiger partial charge in [0.05, 0.1) is 15.6 Å². The predicted molar refractivity (Wildman–Crippen MR) is 126 cm³/mol. The Kier molecular flexibility index (Phi) is 6.34. The zero-order chi connectivity index (χ0) is 22.9. The third-order valence-electron chi connectivity index (χ3n) is 5.04. The topological polar surface area (TPSA) is 95.6 Å². The summed E-state index contributed by atoms with van der Waals surface area (Å²) in [5.74, 6) is -0.727. The van der Waals surface area contributed by atoms with Gasteiger partial charge in [-0.2, -0.15) is 4.31 Å². The zero-order valence-corrected chi connectivity index (χ0v) is 19.5. The minimum atomic E-state index is -3.74. The number of carbonyl (C=O) groups excluding carboxylic acids is 2. The van der Waals surface area contributed by atoms with E-state index in [1.807, 2.05) is 11.4 Å². The zero-order valence-electron chi connectivity index (χ0n) is 17.1. The van der Waals surface area contributed by atoms with Gasteiger partial charge in [-0.1, -0.05) is 17.7 Å². The first kappa shape index (κ1) is 22.5. The van der Waals surface area contributed by atoms with Gasteiger partial charge >= 0.3 is 0 Å². The number of halogens is 1. The summed E-state index contributed by atoms with van der Waals surface area (Å²) in [6, 6.07) is 12.6. The maximum atomic E-state index is 13.2. The first-order valence-corrected chi connectivity index (χ1v) is 12.5. The Morgan fingerprint density at radius 1 is 1.09 bits per heavy atom. The number of sulfonamides is 1. The maximum absolute atomic E-state index is 13.2. The Balaban J connectivity index is 1.52. The number of amides is 2. The van der Waals surface area contributed by atoms with Gasteiger partial charge in [0.1, 0.15) is 0 Å². The number of benzene rings is 2. The minimum absolute atomic E-state index is 0.0721. The molecule has 2 amide bonds. The fraction of sp³-hybridized carbons (Fsp3) is 0.182. The van der Waals surface area contributed by atoms with Crippen LogP contribution in [0.2, 0.25) is 5.02 Å². The minimum Gasteiger partial charge on any atom is -0.325 e. The van der Waals surface area contributed by atoms with E-state index in [0.717, 1.165) is 5.56 Å². The van der Waals surface area contributed by atoms with Crippen molar-refractivity contribution in [2.75, 3.05) is 17.2 Å². The maximum Gasteiger partial charge on any atom is 0.255 e. The van der Waals surface area contributed by atoms with Gasteiger partial charge in [0, 0.05) is 36.1 Å². The van der Waals surface area contributed by atoms with Crippen LogP contribution in [-0.4, -0.2) is 31.1 Å². The molecule has 0 saturated carbocycles. The van der Waals surface area contributed by atoms with Crippen LogP contribution in [0.15, 0.2) is 58.8 Å². The van der Waals surface area contributed by atoms with Crippen LogP contribution in [0.4, 0.5) is 11.4 Å². The lowest BCUT2D eigenvalue weighted by Crippen LogP contribution is -2.35. The second kappa shape index (κ2) is 9.03. The molecule has 0 radical (unpaired) electrons. The monoisotopic (exact) mass is 489 g/mol. The molecular formula is C22H20ClN3O4S2. The number of nitrogens with zero attached hydrogens (tertiary/aromatic N) is 1. The van der Waals surface area contributed by atoms with Crippen LogP contribution in [-0.2, 0) is 27.8 Å². The standard InChI is InChI=1S/C22H20ClN3O4S2/c1-14(27)24-20-6-5-17(12-19(20)23)25-22(28)15-3-2-4-18(11-15)32(29,30)26-9-7-21-16(13-26)8-10-31-21/h2-6,8,10-12H,7,9,13H2,1H3,(H,24,27)(H,25,28). The van der Waals surface area contributed by atoms with Crippen molar-refractivity contribution < 1.29 is 18.0 Å². The largest absolute Gasteiger partial charge is 0.325 e. The molecular weight excluding hydrogens is 470 g/mol. The first-order valence-electron chi connectivity index (χ1n) is 9.78. The SMILES string of the molecule is CC(=O)Nc1ccc(NC(=O)c2cccc(S(=O)(=O)N3CCc4sccc4C3)c2)cc1Cl. The van der Waals surface area contributed by atoms with Crippen molar-refractivity contribution in [1.29, 1.82) is 0 Å². The van der Waals surface area contributed by atoms with Gasteiger partial charge in [-0.25, -0.2) is 8.42 Å². The smallest absolute Gasteiger partial charge is 0.255 e. The molecule has 0 aliphatic carbocycles. The number of thiophene rings is 1. The molecule has 0 spiro atoms. The van der Waals surface area contributed by atoms with Gasteiger partial charge in [-0.05, 0) is 59.8 Å². The summed E-state index contributed by atoms with van der Waals surface area (Å²) >= 11 is 7.79. The fourth-order valence-corrected chi connectivity index (χ4v) is 6.04. The van der Waals surface area contributed by atoms with E-state index in [1.165, 1.54) is 34.3 Å². The summed E-state index contributed by atoms with van der Waals surface area (Å²) in [5, 5.41) is 7.54. The van der Waals surface area contributed by atoms with Crippen LogP contribution >= 0.6 is 22.9 Å². The number of rotatable bonds is 5. The van der Waals surface area contributed by atoms with E-state index in [9.17, 15) is 18.0 Å². The van der Waals surface area contributed by atoms with E-state index in [0.29, 0.717) is 30.9 Å². The molecule has 2 heterocycles. The highest BCUT2D eigenvalue weighted by atomic mass is 35.5. The molecule has 166 valence electrons. The van der Waals surface area contributed by atoms with Crippen molar-refractivity contribution in [1.82, 2.24) is 4.31 Å². The molecule has 0 atom stereocenters. The molecule has 7 nitrogen and oxygen atoms in total. The van der Waals surface area contributed by atoms with Crippen LogP contribution in [0.3, 0.4) is 0 Å². The van der Waals surface area contributed by atoms with E-state index in [4.69, 9.17) is 11.6 Å². The number of nitrogens with one attached hydrogen (secondary N) is 2. The average molecular weight is 490 g/mol. The van der Waals surface area contributed by atoms with Crippen molar-refractivity contribution in [3.63, 3.8) is 0 Å². The summed E-state index contributed by atoms with van der Waals surface area (Å²) in [6.07, 6.45) is 0.682. The molecule has 2 aromatic carbocycles. The van der Waals surface area contributed by atoms with E-state index >= 15 is 0 Å². The molecule has 32 heavy (non-hydrogen) atoms. The van der Waals surface area contributed by atoms with E-state index < -0.39 is 15.9 Å². The van der Waals surface area contributed by atoms with Crippen molar-refractivity contribution in [3.8, 4) is 0 Å². The lowest BCUT2D eigenvalue weighted by atomic mass is 10.1. The van der Waals surface area contributed by atoms with E-state index in [2.05, 4.69) is 10.6 Å². The molecule has 10 heteroatoms. The molecule has 0 saturated heterocycles. The van der Waals surface area contributed by atoms with Crippen LogP contribution < -0.4 is 10.6 Å². The summed E-state index contributed by atoms with van der Waals surface area (Å²) in [5.41, 5.74) is 2.09. The van der Waals surface area contributed by atoms with E-state index in [1.54, 1.807) is 35.6 Å². The molecule has 4 rings (SSSR count). The fourth-order valence-electron chi connectivity index (χ4n) is 3.46. The Hall–Kier alpha value is -2.72. The van der Waals surface area contributed by atoms with Crippen LogP contribution in [0, 0.1) is 0 Å². The quantitative estimate of drug-likeness (QED) is 0.556. The van der Waals surface area contributed by atoms with Gasteiger partial charge in [0.15, 0.2) is 0 Å². The number of fused-ring (bicyclic) bond motifs is 1. The van der Waals surface area contributed by atoms with Gasteiger partial charge in [0.2, 0.25) is 15.9 Å². The third-order valence-corrected chi connectivity index (χ3v) is 8.22. The lowest BCUT2D eigenvalue weighted by molar-refractivity contribution is -0.114. The summed E-state index contributed by atoms with van der Waals surface area (Å²) in [4.78, 5) is 25.2. The summed E-state index contributed by atoms with van der Waals surface area (Å²) in [6.45, 7) is 2.11. The highest BCUT2D eigenvalue weighted by Gasteiger charge is 2.29. The Labute approximate surface area is 195 Å². The van der Waals surface area contributed by atoms with Crippen LogP contribution in [0.1, 0.15) is 27.7 Å². The number of hydrogen-bond donors (Lipinski definition) is 2.